The normalized spacial score (nSPS) is 12.5. The van der Waals surface area contributed by atoms with Gasteiger partial charge in [-0.25, -0.2) is 0 Å². The minimum Gasteiger partial charge on any atom is -0.480 e. The van der Waals surface area contributed by atoms with Gasteiger partial charge in [0.15, 0.2) is 0 Å². The fourth-order valence-electron chi connectivity index (χ4n) is 1.33. The summed E-state index contributed by atoms with van der Waals surface area (Å²) < 4.78 is 4.95. The summed E-state index contributed by atoms with van der Waals surface area (Å²) in [5.41, 5.74) is 0.968. The van der Waals surface area contributed by atoms with Crippen LogP contribution in [0.25, 0.3) is 0 Å². The Bertz CT molecular complexity index is 261. The molecular formula is C10H17N3O. The lowest BCUT2D eigenvalue weighted by Crippen LogP contribution is -2.21. The van der Waals surface area contributed by atoms with Crippen LogP contribution in [0.4, 0.5) is 0 Å². The quantitative estimate of drug-likeness (QED) is 0.774. The highest BCUT2D eigenvalue weighted by atomic mass is 16.5. The number of hydrogen-bond donors (Lipinski definition) is 1. The second kappa shape index (κ2) is 5.54. The Morgan fingerprint density at radius 3 is 2.57 bits per heavy atom. The predicted octanol–water partition coefficient (Wildman–Crippen LogP) is 1.55. The van der Waals surface area contributed by atoms with Gasteiger partial charge in [-0.3, -0.25) is 0 Å². The second-order valence-corrected chi connectivity index (χ2v) is 3.02. The molecule has 1 aromatic heterocycles. The van der Waals surface area contributed by atoms with E-state index in [2.05, 4.69) is 29.4 Å². The maximum Gasteiger partial charge on any atom is 0.233 e. The van der Waals surface area contributed by atoms with Gasteiger partial charge in [0.05, 0.1) is 18.8 Å². The lowest BCUT2D eigenvalue weighted by molar-refractivity contribution is 0.389. The van der Waals surface area contributed by atoms with E-state index in [-0.39, 0.29) is 0 Å². The third-order valence-corrected chi connectivity index (χ3v) is 2.09. The summed E-state index contributed by atoms with van der Waals surface area (Å²) in [6.07, 6.45) is 1.01. The molecular weight excluding hydrogens is 178 g/mol. The lowest BCUT2D eigenvalue weighted by Gasteiger charge is -2.14. The molecule has 0 saturated heterocycles. The molecule has 14 heavy (non-hydrogen) atoms. The van der Waals surface area contributed by atoms with Crippen molar-refractivity contribution in [1.82, 2.24) is 15.5 Å². The van der Waals surface area contributed by atoms with Crippen molar-refractivity contribution >= 4 is 0 Å². The molecule has 78 valence electrons. The largest absolute Gasteiger partial charge is 0.480 e. The molecule has 4 nitrogen and oxygen atoms in total. The topological polar surface area (TPSA) is 47.0 Å². The van der Waals surface area contributed by atoms with Crippen LogP contribution in [0.1, 0.15) is 32.0 Å². The number of aromatic nitrogens is 2. The van der Waals surface area contributed by atoms with Crippen molar-refractivity contribution in [3.63, 3.8) is 0 Å². The molecule has 1 unspecified atom stereocenters. The van der Waals surface area contributed by atoms with Crippen LogP contribution in [0.2, 0.25) is 0 Å². The zero-order chi connectivity index (χ0) is 10.4. The van der Waals surface area contributed by atoms with Gasteiger partial charge in [0.25, 0.3) is 0 Å². The highest BCUT2D eigenvalue weighted by molar-refractivity contribution is 5.13. The first-order valence-electron chi connectivity index (χ1n) is 4.92. The predicted molar refractivity (Wildman–Crippen MR) is 55.3 cm³/mol. The highest BCUT2D eigenvalue weighted by Gasteiger charge is 2.09. The van der Waals surface area contributed by atoms with Crippen LogP contribution in [-0.4, -0.2) is 23.9 Å². The molecule has 1 heterocycles. The number of nitrogens with zero attached hydrogens (tertiary/aromatic N) is 2. The highest BCUT2D eigenvalue weighted by Crippen LogP contribution is 2.14. The Morgan fingerprint density at radius 2 is 2.14 bits per heavy atom. The van der Waals surface area contributed by atoms with E-state index in [0.29, 0.717) is 11.9 Å². The molecule has 0 aliphatic rings. The summed E-state index contributed by atoms with van der Waals surface area (Å²) in [5, 5.41) is 11.4. The van der Waals surface area contributed by atoms with E-state index in [9.17, 15) is 0 Å². The van der Waals surface area contributed by atoms with Gasteiger partial charge in [0, 0.05) is 6.07 Å². The molecule has 0 spiro atoms. The van der Waals surface area contributed by atoms with Crippen molar-refractivity contribution < 1.29 is 4.74 Å². The number of hydrogen-bond acceptors (Lipinski definition) is 4. The first kappa shape index (κ1) is 10.9. The number of nitrogens with one attached hydrogen (secondary N) is 1. The van der Waals surface area contributed by atoms with E-state index in [1.807, 2.05) is 12.1 Å². The van der Waals surface area contributed by atoms with Crippen molar-refractivity contribution in [3.8, 4) is 5.88 Å². The van der Waals surface area contributed by atoms with Crippen LogP contribution in [0, 0.1) is 0 Å². The van der Waals surface area contributed by atoms with Gasteiger partial charge in [-0.15, -0.1) is 5.10 Å². The van der Waals surface area contributed by atoms with Crippen LogP contribution in [0.3, 0.4) is 0 Å². The van der Waals surface area contributed by atoms with Crippen LogP contribution >= 0.6 is 0 Å². The van der Waals surface area contributed by atoms with Crippen molar-refractivity contribution in [1.29, 1.82) is 0 Å². The monoisotopic (exact) mass is 195 g/mol. The maximum absolute atomic E-state index is 4.95. The summed E-state index contributed by atoms with van der Waals surface area (Å²) in [7, 11) is 1.59. The van der Waals surface area contributed by atoms with Crippen LogP contribution in [-0.2, 0) is 0 Å². The molecule has 1 atom stereocenters. The summed E-state index contributed by atoms with van der Waals surface area (Å²) in [4.78, 5) is 0. The molecule has 0 radical (unpaired) electrons. The van der Waals surface area contributed by atoms with Crippen LogP contribution in [0.15, 0.2) is 12.1 Å². The average molecular weight is 195 g/mol. The average Bonchev–Trinajstić information content (AvgIpc) is 2.26. The molecule has 1 aromatic rings. The molecule has 0 fully saturated rings. The van der Waals surface area contributed by atoms with Gasteiger partial charge in [-0.2, -0.15) is 5.10 Å². The van der Waals surface area contributed by atoms with E-state index < -0.39 is 0 Å². The van der Waals surface area contributed by atoms with Gasteiger partial charge >= 0.3 is 0 Å². The molecule has 0 aliphatic carbocycles. The second-order valence-electron chi connectivity index (χ2n) is 3.02. The molecule has 0 aromatic carbocycles. The molecule has 0 bridgehead atoms. The summed E-state index contributed by atoms with van der Waals surface area (Å²) in [5.74, 6) is 0.556. The fraction of sp³-hybridized carbons (Fsp3) is 0.600. The first-order valence-corrected chi connectivity index (χ1v) is 4.92. The van der Waals surface area contributed by atoms with Gasteiger partial charge in [-0.05, 0) is 19.0 Å². The van der Waals surface area contributed by atoms with E-state index in [4.69, 9.17) is 4.74 Å². The van der Waals surface area contributed by atoms with Crippen molar-refractivity contribution in [2.45, 2.75) is 26.3 Å². The third-order valence-electron chi connectivity index (χ3n) is 2.09. The Balaban J connectivity index is 2.73. The van der Waals surface area contributed by atoms with Gasteiger partial charge in [-0.1, -0.05) is 13.8 Å². The molecule has 4 heteroatoms. The first-order chi connectivity index (χ1) is 6.81. The SMILES string of the molecule is CCNC(CC)c1ccc(OC)nn1. The van der Waals surface area contributed by atoms with Crippen LogP contribution < -0.4 is 10.1 Å². The van der Waals surface area contributed by atoms with Crippen molar-refractivity contribution in [3.05, 3.63) is 17.8 Å². The smallest absolute Gasteiger partial charge is 0.233 e. The van der Waals surface area contributed by atoms with Gasteiger partial charge in [0.2, 0.25) is 5.88 Å². The van der Waals surface area contributed by atoms with Crippen molar-refractivity contribution in [2.75, 3.05) is 13.7 Å². The summed E-state index contributed by atoms with van der Waals surface area (Å²) >= 11 is 0. The van der Waals surface area contributed by atoms with E-state index >= 15 is 0 Å². The van der Waals surface area contributed by atoms with E-state index in [0.717, 1.165) is 18.7 Å². The zero-order valence-electron chi connectivity index (χ0n) is 8.95. The molecule has 0 amide bonds. The minimum absolute atomic E-state index is 0.290. The Morgan fingerprint density at radius 1 is 1.36 bits per heavy atom. The third kappa shape index (κ3) is 2.67. The van der Waals surface area contributed by atoms with Gasteiger partial charge in [0.1, 0.15) is 0 Å². The fourth-order valence-corrected chi connectivity index (χ4v) is 1.33. The Hall–Kier alpha value is -1.16. The van der Waals surface area contributed by atoms with E-state index in [1.54, 1.807) is 7.11 Å². The minimum atomic E-state index is 0.290. The maximum atomic E-state index is 4.95. The van der Waals surface area contributed by atoms with Crippen LogP contribution in [0.5, 0.6) is 5.88 Å². The molecule has 1 rings (SSSR count). The Labute approximate surface area is 84.7 Å². The number of rotatable bonds is 5. The number of ether oxygens (including phenoxy) is 1. The zero-order valence-corrected chi connectivity index (χ0v) is 8.95. The van der Waals surface area contributed by atoms with Gasteiger partial charge < -0.3 is 10.1 Å². The molecule has 0 saturated carbocycles. The number of methoxy groups -OCH3 is 1. The van der Waals surface area contributed by atoms with Crippen molar-refractivity contribution in [2.24, 2.45) is 0 Å². The molecule has 1 N–H and O–H groups in total. The lowest BCUT2D eigenvalue weighted by atomic mass is 10.1. The van der Waals surface area contributed by atoms with E-state index in [1.165, 1.54) is 0 Å². The summed E-state index contributed by atoms with van der Waals surface area (Å²) in [6.45, 7) is 5.14. The standard InChI is InChI=1S/C10H17N3O/c1-4-8(11-5-2)9-6-7-10(14-3)13-12-9/h6-8,11H,4-5H2,1-3H3. The Kier molecular flexibility index (Phi) is 4.32. The summed E-state index contributed by atoms with van der Waals surface area (Å²) in [6, 6.07) is 4.07. The molecule has 0 aliphatic heterocycles.